The number of nitrogen functional groups attached to an aromatic ring is 1. The van der Waals surface area contributed by atoms with Crippen LogP contribution >= 0.6 is 0 Å². The molecule has 3 rings (SSSR count). The van der Waals surface area contributed by atoms with E-state index in [1.807, 2.05) is 62.4 Å². The Morgan fingerprint density at radius 1 is 1.00 bits per heavy atom. The summed E-state index contributed by atoms with van der Waals surface area (Å²) < 4.78 is 5.64. The van der Waals surface area contributed by atoms with Gasteiger partial charge in [-0.05, 0) is 30.3 Å². The third kappa shape index (κ3) is 2.35. The van der Waals surface area contributed by atoms with E-state index in [0.29, 0.717) is 11.6 Å². The van der Waals surface area contributed by atoms with Crippen LogP contribution in [-0.2, 0) is 0 Å². The van der Waals surface area contributed by atoms with Gasteiger partial charge in [0.05, 0.1) is 0 Å². The Hall–Kier alpha value is -2.29. The minimum absolute atomic E-state index is 0.626. The smallest absolute Gasteiger partial charge is 0.227 e. The lowest BCUT2D eigenvalue weighted by Gasteiger charge is -1.91. The molecular weight excluding hydrogens is 224 g/mol. The van der Waals surface area contributed by atoms with E-state index in [-0.39, 0.29) is 0 Å². The van der Waals surface area contributed by atoms with Gasteiger partial charge in [0.25, 0.3) is 0 Å². The van der Waals surface area contributed by atoms with Gasteiger partial charge in [-0.1, -0.05) is 32.0 Å². The molecule has 0 unspecified atom stereocenters. The van der Waals surface area contributed by atoms with Crippen LogP contribution in [0.25, 0.3) is 22.6 Å². The summed E-state index contributed by atoms with van der Waals surface area (Å²) in [6, 6.07) is 15.3. The molecule has 1 aromatic heterocycles. The Labute approximate surface area is 106 Å². The van der Waals surface area contributed by atoms with Crippen LogP contribution in [-0.4, -0.2) is 4.98 Å². The Bertz CT molecular complexity index is 629. The van der Waals surface area contributed by atoms with Crippen molar-refractivity contribution >= 4 is 16.8 Å². The summed E-state index contributed by atoms with van der Waals surface area (Å²) >= 11 is 0. The van der Waals surface area contributed by atoms with E-state index in [0.717, 1.165) is 16.7 Å². The van der Waals surface area contributed by atoms with Crippen molar-refractivity contribution in [1.29, 1.82) is 0 Å². The van der Waals surface area contributed by atoms with E-state index in [1.54, 1.807) is 0 Å². The van der Waals surface area contributed by atoms with E-state index in [4.69, 9.17) is 10.2 Å². The standard InChI is InChI=1S/C13H10N2O.C2H6/c14-10-6-7-12-11(8-10)15-13(16-12)9-4-2-1-3-5-9;1-2/h1-8H,14H2;1-2H3. The van der Waals surface area contributed by atoms with E-state index < -0.39 is 0 Å². The maximum atomic E-state index is 5.69. The molecule has 0 aliphatic heterocycles. The van der Waals surface area contributed by atoms with Crippen molar-refractivity contribution in [2.45, 2.75) is 13.8 Å². The molecule has 3 nitrogen and oxygen atoms in total. The molecule has 2 aromatic carbocycles. The SMILES string of the molecule is CC.Nc1ccc2oc(-c3ccccc3)nc2c1. The monoisotopic (exact) mass is 240 g/mol. The highest BCUT2D eigenvalue weighted by atomic mass is 16.3. The Morgan fingerprint density at radius 2 is 1.72 bits per heavy atom. The maximum absolute atomic E-state index is 5.69. The highest BCUT2D eigenvalue weighted by Crippen LogP contribution is 2.24. The summed E-state index contributed by atoms with van der Waals surface area (Å²) in [6.45, 7) is 4.00. The van der Waals surface area contributed by atoms with Crippen LogP contribution in [0.5, 0.6) is 0 Å². The molecule has 0 bridgehead atoms. The van der Waals surface area contributed by atoms with Gasteiger partial charge < -0.3 is 10.2 Å². The molecule has 0 fully saturated rings. The normalized spacial score (nSPS) is 9.89. The van der Waals surface area contributed by atoms with Gasteiger partial charge in [0.2, 0.25) is 5.89 Å². The molecule has 3 aromatic rings. The fraction of sp³-hybridized carbons (Fsp3) is 0.133. The molecule has 0 aliphatic rings. The fourth-order valence-electron chi connectivity index (χ4n) is 1.65. The third-order valence-electron chi connectivity index (χ3n) is 2.43. The third-order valence-corrected chi connectivity index (χ3v) is 2.43. The summed E-state index contributed by atoms with van der Waals surface area (Å²) in [4.78, 5) is 4.40. The van der Waals surface area contributed by atoms with Gasteiger partial charge in [0.15, 0.2) is 5.58 Å². The number of benzene rings is 2. The molecular formula is C15H16N2O. The van der Waals surface area contributed by atoms with Crippen molar-refractivity contribution in [2.24, 2.45) is 0 Å². The minimum atomic E-state index is 0.626. The lowest BCUT2D eigenvalue weighted by Crippen LogP contribution is -1.82. The van der Waals surface area contributed by atoms with Crippen molar-refractivity contribution in [3.05, 3.63) is 48.5 Å². The average molecular weight is 240 g/mol. The van der Waals surface area contributed by atoms with Crippen molar-refractivity contribution < 1.29 is 4.42 Å². The van der Waals surface area contributed by atoms with Crippen molar-refractivity contribution in [2.75, 3.05) is 5.73 Å². The first-order valence-electron chi connectivity index (χ1n) is 6.04. The molecule has 0 saturated carbocycles. The molecule has 0 saturated heterocycles. The van der Waals surface area contributed by atoms with Crippen molar-refractivity contribution in [3.8, 4) is 11.5 Å². The van der Waals surface area contributed by atoms with Crippen LogP contribution < -0.4 is 5.73 Å². The largest absolute Gasteiger partial charge is 0.436 e. The summed E-state index contributed by atoms with van der Waals surface area (Å²) in [7, 11) is 0. The number of oxazole rings is 1. The lowest BCUT2D eigenvalue weighted by molar-refractivity contribution is 0.620. The number of rotatable bonds is 1. The Kier molecular flexibility index (Phi) is 3.63. The molecule has 0 amide bonds. The zero-order valence-electron chi connectivity index (χ0n) is 10.6. The van der Waals surface area contributed by atoms with Crippen molar-refractivity contribution in [1.82, 2.24) is 4.98 Å². The Morgan fingerprint density at radius 3 is 2.44 bits per heavy atom. The van der Waals surface area contributed by atoms with Gasteiger partial charge >= 0.3 is 0 Å². The van der Waals surface area contributed by atoms with E-state index >= 15 is 0 Å². The zero-order chi connectivity index (χ0) is 13.0. The molecule has 92 valence electrons. The Balaban J connectivity index is 0.000000574. The van der Waals surface area contributed by atoms with Gasteiger partial charge in [0, 0.05) is 11.3 Å². The highest BCUT2D eigenvalue weighted by Gasteiger charge is 2.07. The zero-order valence-corrected chi connectivity index (χ0v) is 10.6. The van der Waals surface area contributed by atoms with Crippen LogP contribution in [0.4, 0.5) is 5.69 Å². The topological polar surface area (TPSA) is 52.0 Å². The number of hydrogen-bond donors (Lipinski definition) is 1. The lowest BCUT2D eigenvalue weighted by atomic mass is 10.2. The number of anilines is 1. The second-order valence-electron chi connectivity index (χ2n) is 3.61. The minimum Gasteiger partial charge on any atom is -0.436 e. The maximum Gasteiger partial charge on any atom is 0.227 e. The number of nitrogens with two attached hydrogens (primary N) is 1. The molecule has 0 aliphatic carbocycles. The summed E-state index contributed by atoms with van der Waals surface area (Å²) in [5.74, 6) is 0.626. The second-order valence-corrected chi connectivity index (χ2v) is 3.61. The first-order valence-corrected chi connectivity index (χ1v) is 6.04. The average Bonchev–Trinajstić information content (AvgIpc) is 2.85. The molecule has 2 N–H and O–H groups in total. The van der Waals surface area contributed by atoms with Gasteiger partial charge in [0.1, 0.15) is 5.52 Å². The first kappa shape index (κ1) is 12.2. The van der Waals surface area contributed by atoms with Crippen molar-refractivity contribution in [3.63, 3.8) is 0 Å². The van der Waals surface area contributed by atoms with Crippen LogP contribution in [0.3, 0.4) is 0 Å². The molecule has 1 heterocycles. The number of aromatic nitrogens is 1. The van der Waals surface area contributed by atoms with E-state index in [1.165, 1.54) is 0 Å². The number of fused-ring (bicyclic) bond motifs is 1. The quantitative estimate of drug-likeness (QED) is 0.651. The van der Waals surface area contributed by atoms with Gasteiger partial charge in [-0.15, -0.1) is 0 Å². The summed E-state index contributed by atoms with van der Waals surface area (Å²) in [6.07, 6.45) is 0. The summed E-state index contributed by atoms with van der Waals surface area (Å²) in [5, 5.41) is 0. The fourth-order valence-corrected chi connectivity index (χ4v) is 1.65. The van der Waals surface area contributed by atoms with Gasteiger partial charge in [-0.2, -0.15) is 0 Å². The molecule has 0 atom stereocenters. The van der Waals surface area contributed by atoms with Crippen LogP contribution in [0, 0.1) is 0 Å². The summed E-state index contributed by atoms with van der Waals surface area (Å²) in [5.41, 5.74) is 8.90. The predicted octanol–water partition coefficient (Wildman–Crippen LogP) is 4.10. The second kappa shape index (κ2) is 5.36. The van der Waals surface area contributed by atoms with E-state index in [2.05, 4.69) is 4.98 Å². The first-order chi connectivity index (χ1) is 8.83. The number of nitrogens with zero attached hydrogens (tertiary/aromatic N) is 1. The molecule has 3 heteroatoms. The molecule has 0 spiro atoms. The predicted molar refractivity (Wildman–Crippen MR) is 75.2 cm³/mol. The van der Waals surface area contributed by atoms with Crippen LogP contribution in [0.1, 0.15) is 13.8 Å². The van der Waals surface area contributed by atoms with E-state index in [9.17, 15) is 0 Å². The molecule has 18 heavy (non-hydrogen) atoms. The van der Waals surface area contributed by atoms with Crippen LogP contribution in [0.15, 0.2) is 52.9 Å². The molecule has 0 radical (unpaired) electrons. The number of hydrogen-bond acceptors (Lipinski definition) is 3. The van der Waals surface area contributed by atoms with Gasteiger partial charge in [-0.25, -0.2) is 4.98 Å². The van der Waals surface area contributed by atoms with Gasteiger partial charge in [-0.3, -0.25) is 0 Å². The highest BCUT2D eigenvalue weighted by molar-refractivity contribution is 5.79. The van der Waals surface area contributed by atoms with Crippen LogP contribution in [0.2, 0.25) is 0 Å².